The molecule has 0 amide bonds. The Hall–Kier alpha value is -1.27. The predicted molar refractivity (Wildman–Crippen MR) is 65.4 cm³/mol. The van der Waals surface area contributed by atoms with Crippen molar-refractivity contribution in [2.24, 2.45) is 15.9 Å². The van der Waals surface area contributed by atoms with Gasteiger partial charge in [0.05, 0.1) is 0 Å². The number of amidine groups is 1. The molecule has 0 aromatic carbocycles. The lowest BCUT2D eigenvalue weighted by Gasteiger charge is -2.23. The van der Waals surface area contributed by atoms with Crippen molar-refractivity contribution in [2.75, 3.05) is 20.1 Å². The van der Waals surface area contributed by atoms with Crippen LogP contribution < -0.4 is 0 Å². The van der Waals surface area contributed by atoms with Gasteiger partial charge in [-0.05, 0) is 13.0 Å². The Morgan fingerprint density at radius 3 is 3.13 bits per heavy atom. The average molecular weight is 224 g/mol. The van der Waals surface area contributed by atoms with Gasteiger partial charge in [0, 0.05) is 32.1 Å². The van der Waals surface area contributed by atoms with E-state index in [-0.39, 0.29) is 0 Å². The van der Waals surface area contributed by atoms with E-state index in [2.05, 4.69) is 22.1 Å². The summed E-state index contributed by atoms with van der Waals surface area (Å²) in [6.07, 6.45) is 9.00. The molecule has 80 valence electrons. The molecule has 3 nitrogen and oxygen atoms in total. The van der Waals surface area contributed by atoms with Crippen molar-refractivity contribution in [3.8, 4) is 12.5 Å². The highest BCUT2D eigenvalue weighted by atomic mass is 35.5. The smallest absolute Gasteiger partial charge is 0.123 e. The molecule has 0 saturated heterocycles. The molecule has 4 heteroatoms. The van der Waals surface area contributed by atoms with Crippen LogP contribution in [0.25, 0.3) is 0 Å². The van der Waals surface area contributed by atoms with Crippen LogP contribution in [0.3, 0.4) is 0 Å². The van der Waals surface area contributed by atoms with E-state index in [1.807, 2.05) is 24.9 Å². The van der Waals surface area contributed by atoms with Crippen LogP contribution in [0.5, 0.6) is 0 Å². The molecule has 1 atom stereocenters. The maximum absolute atomic E-state index is 5.73. The first-order chi connectivity index (χ1) is 7.13. The molecule has 0 aromatic heterocycles. The van der Waals surface area contributed by atoms with Crippen LogP contribution in [0.1, 0.15) is 6.92 Å². The lowest BCUT2D eigenvalue weighted by atomic mass is 10.1. The standard InChI is InChI=1S/C11H14ClN3/c1-4-13-9(2)15(3)8-10-5-6-11(12)14-7-10/h1,5-6,10H,7-8H2,2-3H3/b13-9+. The Morgan fingerprint density at radius 1 is 1.87 bits per heavy atom. The van der Waals surface area contributed by atoms with E-state index in [0.717, 1.165) is 18.9 Å². The number of hydrogen-bond acceptors (Lipinski definition) is 2. The highest BCUT2D eigenvalue weighted by Gasteiger charge is 2.12. The lowest BCUT2D eigenvalue weighted by Crippen LogP contribution is -2.31. The third-order valence-corrected chi connectivity index (χ3v) is 2.52. The number of terminal acetylenes is 1. The number of rotatable bonds is 2. The summed E-state index contributed by atoms with van der Waals surface area (Å²) in [5.74, 6) is 1.21. The summed E-state index contributed by atoms with van der Waals surface area (Å²) in [5, 5.41) is 0.572. The predicted octanol–water partition coefficient (Wildman–Crippen LogP) is 1.75. The van der Waals surface area contributed by atoms with Crippen molar-refractivity contribution in [1.82, 2.24) is 4.90 Å². The summed E-state index contributed by atoms with van der Waals surface area (Å²) in [5.41, 5.74) is 0. The molecule has 15 heavy (non-hydrogen) atoms. The summed E-state index contributed by atoms with van der Waals surface area (Å²) in [4.78, 5) is 10.1. The van der Waals surface area contributed by atoms with Gasteiger partial charge in [0.25, 0.3) is 0 Å². The zero-order chi connectivity index (χ0) is 11.3. The van der Waals surface area contributed by atoms with Crippen LogP contribution in [-0.2, 0) is 0 Å². The Kier molecular flexibility index (Phi) is 4.38. The van der Waals surface area contributed by atoms with Crippen molar-refractivity contribution in [1.29, 1.82) is 0 Å². The second-order valence-corrected chi connectivity index (χ2v) is 3.84. The minimum Gasteiger partial charge on any atom is -0.362 e. The van der Waals surface area contributed by atoms with Crippen LogP contribution in [0.4, 0.5) is 0 Å². The van der Waals surface area contributed by atoms with E-state index in [1.165, 1.54) is 0 Å². The van der Waals surface area contributed by atoms with Crippen LogP contribution >= 0.6 is 11.6 Å². The topological polar surface area (TPSA) is 28.0 Å². The van der Waals surface area contributed by atoms with Crippen molar-refractivity contribution < 1.29 is 0 Å². The Balaban J connectivity index is 2.48. The van der Waals surface area contributed by atoms with Gasteiger partial charge in [-0.2, -0.15) is 4.99 Å². The summed E-state index contributed by atoms with van der Waals surface area (Å²) < 4.78 is 0. The minimum atomic E-state index is 0.375. The van der Waals surface area contributed by atoms with Gasteiger partial charge in [0.15, 0.2) is 0 Å². The molecule has 1 aliphatic rings. The Bertz CT molecular complexity index is 349. The van der Waals surface area contributed by atoms with Crippen LogP contribution in [0.15, 0.2) is 22.1 Å². The SMILES string of the molecule is C#C/N=C(\C)N(C)CC1C=CC(Cl)=NC1. The maximum Gasteiger partial charge on any atom is 0.123 e. The first-order valence-electron chi connectivity index (χ1n) is 4.72. The van der Waals surface area contributed by atoms with Gasteiger partial charge in [0.1, 0.15) is 11.0 Å². The molecule has 0 aliphatic carbocycles. The zero-order valence-corrected chi connectivity index (χ0v) is 9.70. The first kappa shape index (κ1) is 11.8. The van der Waals surface area contributed by atoms with E-state index in [9.17, 15) is 0 Å². The van der Waals surface area contributed by atoms with Gasteiger partial charge >= 0.3 is 0 Å². The van der Waals surface area contributed by atoms with E-state index < -0.39 is 0 Å². The normalized spacial score (nSPS) is 20.8. The van der Waals surface area contributed by atoms with Gasteiger partial charge in [-0.1, -0.05) is 24.1 Å². The van der Waals surface area contributed by atoms with Crippen molar-refractivity contribution in [2.45, 2.75) is 6.92 Å². The third-order valence-electron chi connectivity index (χ3n) is 2.27. The Labute approximate surface area is 95.5 Å². The molecule has 0 spiro atoms. The van der Waals surface area contributed by atoms with Crippen molar-refractivity contribution >= 4 is 22.6 Å². The number of hydrogen-bond donors (Lipinski definition) is 0. The fraction of sp³-hybridized carbons (Fsp3) is 0.455. The van der Waals surface area contributed by atoms with Gasteiger partial charge in [0.2, 0.25) is 0 Å². The molecule has 1 unspecified atom stereocenters. The van der Waals surface area contributed by atoms with Gasteiger partial charge in [-0.25, -0.2) is 0 Å². The number of dihydropyridines is 1. The molecule has 1 rings (SSSR count). The second-order valence-electron chi connectivity index (χ2n) is 3.45. The van der Waals surface area contributed by atoms with Crippen molar-refractivity contribution in [3.63, 3.8) is 0 Å². The van der Waals surface area contributed by atoms with E-state index >= 15 is 0 Å². The molecule has 0 bridgehead atoms. The van der Waals surface area contributed by atoms with E-state index in [4.69, 9.17) is 18.0 Å². The Morgan fingerprint density at radius 2 is 2.60 bits per heavy atom. The molecule has 1 aliphatic heterocycles. The number of halogens is 1. The molecule has 0 aromatic rings. The van der Waals surface area contributed by atoms with Crippen LogP contribution in [0, 0.1) is 18.4 Å². The second kappa shape index (κ2) is 5.57. The third kappa shape index (κ3) is 3.77. The van der Waals surface area contributed by atoms with Crippen LogP contribution in [-0.4, -0.2) is 36.0 Å². The fourth-order valence-corrected chi connectivity index (χ4v) is 1.46. The monoisotopic (exact) mass is 223 g/mol. The highest BCUT2D eigenvalue weighted by Crippen LogP contribution is 2.09. The molecular formula is C11H14ClN3. The number of nitrogens with zero attached hydrogens (tertiary/aromatic N) is 3. The summed E-state index contributed by atoms with van der Waals surface area (Å²) in [7, 11) is 1.96. The van der Waals surface area contributed by atoms with E-state index in [1.54, 1.807) is 0 Å². The van der Waals surface area contributed by atoms with Gasteiger partial charge in [-0.3, -0.25) is 4.99 Å². The average Bonchev–Trinajstić information content (AvgIpc) is 2.22. The maximum atomic E-state index is 5.73. The largest absolute Gasteiger partial charge is 0.362 e. The van der Waals surface area contributed by atoms with E-state index in [0.29, 0.717) is 11.1 Å². The highest BCUT2D eigenvalue weighted by molar-refractivity contribution is 6.68. The molecule has 0 N–H and O–H groups in total. The number of allylic oxidation sites excluding steroid dienone is 1. The minimum absolute atomic E-state index is 0.375. The molecule has 1 heterocycles. The van der Waals surface area contributed by atoms with Crippen LogP contribution in [0.2, 0.25) is 0 Å². The number of aliphatic imine (C=N–C) groups is 2. The summed E-state index contributed by atoms with van der Waals surface area (Å²) in [6, 6.07) is 2.27. The van der Waals surface area contributed by atoms with Gasteiger partial charge < -0.3 is 4.90 Å². The van der Waals surface area contributed by atoms with Crippen molar-refractivity contribution in [3.05, 3.63) is 12.2 Å². The molecule has 0 fully saturated rings. The zero-order valence-electron chi connectivity index (χ0n) is 8.94. The lowest BCUT2D eigenvalue weighted by molar-refractivity contribution is 0.433. The molecule has 0 radical (unpaired) electrons. The fourth-order valence-electron chi connectivity index (χ4n) is 1.31. The summed E-state index contributed by atoms with van der Waals surface area (Å²) in [6.45, 7) is 3.47. The summed E-state index contributed by atoms with van der Waals surface area (Å²) >= 11 is 5.73. The first-order valence-corrected chi connectivity index (χ1v) is 5.10. The molecular weight excluding hydrogens is 210 g/mol. The quantitative estimate of drug-likeness (QED) is 0.398. The van der Waals surface area contributed by atoms with Gasteiger partial charge in [-0.15, -0.1) is 0 Å². The molecule has 0 saturated carbocycles.